The van der Waals surface area contributed by atoms with Gasteiger partial charge < -0.3 is 10.1 Å². The monoisotopic (exact) mass is 221 g/mol. The zero-order valence-electron chi connectivity index (χ0n) is 11.1. The van der Waals surface area contributed by atoms with E-state index in [1.165, 1.54) is 16.7 Å². The molecular weight excluding hydrogens is 198 g/mol. The molecule has 2 heteroatoms. The zero-order chi connectivity index (χ0) is 12.1. The molecular formula is C14H23NO. The average Bonchev–Trinajstić information content (AvgIpc) is 2.25. The minimum absolute atomic E-state index is 0.543. The van der Waals surface area contributed by atoms with E-state index in [4.69, 9.17) is 4.74 Å². The molecule has 16 heavy (non-hydrogen) atoms. The molecule has 0 aliphatic rings. The third-order valence-electron chi connectivity index (χ3n) is 2.94. The summed E-state index contributed by atoms with van der Waals surface area (Å²) in [5.74, 6) is 1.60. The summed E-state index contributed by atoms with van der Waals surface area (Å²) >= 11 is 0. The predicted octanol–water partition coefficient (Wildman–Crippen LogP) is 2.89. The van der Waals surface area contributed by atoms with Crippen LogP contribution in [0.25, 0.3) is 0 Å². The first kappa shape index (κ1) is 13.0. The lowest BCUT2D eigenvalue weighted by Gasteiger charge is -2.18. The maximum absolute atomic E-state index is 5.54. The molecule has 1 aromatic rings. The van der Waals surface area contributed by atoms with Gasteiger partial charge in [0.25, 0.3) is 0 Å². The number of hydrogen-bond donors (Lipinski definition) is 1. The Hall–Kier alpha value is -1.02. The Morgan fingerprint density at radius 1 is 1.31 bits per heavy atom. The summed E-state index contributed by atoms with van der Waals surface area (Å²) in [7, 11) is 3.74. The third kappa shape index (κ3) is 2.76. The van der Waals surface area contributed by atoms with Crippen LogP contribution in [0.2, 0.25) is 0 Å². The second-order valence-corrected chi connectivity index (χ2v) is 4.49. The van der Waals surface area contributed by atoms with E-state index in [0.29, 0.717) is 5.92 Å². The molecule has 0 heterocycles. The molecule has 0 unspecified atom stereocenters. The van der Waals surface area contributed by atoms with Crippen LogP contribution in [-0.2, 0) is 6.42 Å². The summed E-state index contributed by atoms with van der Waals surface area (Å²) < 4.78 is 5.54. The molecule has 1 rings (SSSR count). The molecule has 0 aliphatic heterocycles. The van der Waals surface area contributed by atoms with E-state index in [2.05, 4.69) is 38.2 Å². The highest BCUT2D eigenvalue weighted by atomic mass is 16.5. The van der Waals surface area contributed by atoms with Gasteiger partial charge in [0.1, 0.15) is 5.75 Å². The van der Waals surface area contributed by atoms with Crippen LogP contribution in [0.15, 0.2) is 12.1 Å². The highest BCUT2D eigenvalue weighted by Gasteiger charge is 2.13. The van der Waals surface area contributed by atoms with E-state index in [0.717, 1.165) is 18.7 Å². The number of ether oxygens (including phenoxy) is 1. The van der Waals surface area contributed by atoms with E-state index < -0.39 is 0 Å². The van der Waals surface area contributed by atoms with Crippen LogP contribution in [0.3, 0.4) is 0 Å². The number of methoxy groups -OCH3 is 1. The van der Waals surface area contributed by atoms with Gasteiger partial charge in [-0.1, -0.05) is 26.0 Å². The normalized spacial score (nSPS) is 10.9. The van der Waals surface area contributed by atoms with Gasteiger partial charge >= 0.3 is 0 Å². The van der Waals surface area contributed by atoms with Gasteiger partial charge in [-0.15, -0.1) is 0 Å². The molecule has 1 N–H and O–H groups in total. The number of nitrogens with one attached hydrogen (secondary N) is 1. The number of benzene rings is 1. The van der Waals surface area contributed by atoms with Gasteiger partial charge in [0.15, 0.2) is 0 Å². The largest absolute Gasteiger partial charge is 0.496 e. The Morgan fingerprint density at radius 2 is 2.00 bits per heavy atom. The van der Waals surface area contributed by atoms with Crippen molar-refractivity contribution in [1.29, 1.82) is 0 Å². The van der Waals surface area contributed by atoms with Crippen molar-refractivity contribution in [3.05, 3.63) is 28.8 Å². The predicted molar refractivity (Wildman–Crippen MR) is 69.5 cm³/mol. The van der Waals surface area contributed by atoms with Crippen LogP contribution in [0, 0.1) is 6.92 Å². The van der Waals surface area contributed by atoms with Crippen molar-refractivity contribution in [2.45, 2.75) is 33.1 Å². The standard InChI is InChI=1S/C14H23NO/c1-10(2)12-7-6-11(3)14(16-5)13(12)8-9-15-4/h6-7,10,15H,8-9H2,1-5H3. The highest BCUT2D eigenvalue weighted by Crippen LogP contribution is 2.31. The van der Waals surface area contributed by atoms with Crippen LogP contribution in [0.1, 0.15) is 36.5 Å². The Labute approximate surface area is 99.0 Å². The molecule has 0 saturated carbocycles. The molecule has 0 aliphatic carbocycles. The molecule has 0 radical (unpaired) electrons. The third-order valence-corrected chi connectivity index (χ3v) is 2.94. The smallest absolute Gasteiger partial charge is 0.125 e. The zero-order valence-corrected chi connectivity index (χ0v) is 11.1. The molecule has 0 amide bonds. The first-order valence-electron chi connectivity index (χ1n) is 5.92. The maximum Gasteiger partial charge on any atom is 0.125 e. The number of rotatable bonds is 5. The van der Waals surface area contributed by atoms with E-state index >= 15 is 0 Å². The second-order valence-electron chi connectivity index (χ2n) is 4.49. The van der Waals surface area contributed by atoms with Crippen molar-refractivity contribution >= 4 is 0 Å². The van der Waals surface area contributed by atoms with Gasteiger partial charge in [-0.25, -0.2) is 0 Å². The van der Waals surface area contributed by atoms with Gasteiger partial charge in [0.05, 0.1) is 7.11 Å². The summed E-state index contributed by atoms with van der Waals surface area (Å²) in [6.45, 7) is 7.55. The van der Waals surface area contributed by atoms with Gasteiger partial charge in [0, 0.05) is 0 Å². The van der Waals surface area contributed by atoms with Crippen molar-refractivity contribution in [1.82, 2.24) is 5.32 Å². The Balaban J connectivity index is 3.18. The fraction of sp³-hybridized carbons (Fsp3) is 0.571. The van der Waals surface area contributed by atoms with Crippen molar-refractivity contribution < 1.29 is 4.74 Å². The second kappa shape index (κ2) is 5.90. The van der Waals surface area contributed by atoms with E-state index in [-0.39, 0.29) is 0 Å². The highest BCUT2D eigenvalue weighted by molar-refractivity contribution is 5.47. The van der Waals surface area contributed by atoms with Crippen LogP contribution in [0.4, 0.5) is 0 Å². The van der Waals surface area contributed by atoms with Crippen LogP contribution < -0.4 is 10.1 Å². The lowest BCUT2D eigenvalue weighted by atomic mass is 9.92. The fourth-order valence-electron chi connectivity index (χ4n) is 2.09. The fourth-order valence-corrected chi connectivity index (χ4v) is 2.09. The minimum Gasteiger partial charge on any atom is -0.496 e. The number of aryl methyl sites for hydroxylation is 1. The molecule has 0 spiro atoms. The topological polar surface area (TPSA) is 21.3 Å². The Kier molecular flexibility index (Phi) is 4.81. The quantitative estimate of drug-likeness (QED) is 0.825. The number of hydrogen-bond acceptors (Lipinski definition) is 2. The first-order valence-corrected chi connectivity index (χ1v) is 5.92. The molecule has 0 fully saturated rings. The molecule has 1 aromatic carbocycles. The first-order chi connectivity index (χ1) is 7.61. The molecule has 0 aromatic heterocycles. The summed E-state index contributed by atoms with van der Waals surface area (Å²) in [5, 5.41) is 3.20. The van der Waals surface area contributed by atoms with Gasteiger partial charge in [-0.2, -0.15) is 0 Å². The summed E-state index contributed by atoms with van der Waals surface area (Å²) in [6, 6.07) is 4.38. The van der Waals surface area contributed by atoms with Crippen molar-refractivity contribution in [2.75, 3.05) is 20.7 Å². The van der Waals surface area contributed by atoms with Gasteiger partial charge in [-0.3, -0.25) is 0 Å². The lowest BCUT2D eigenvalue weighted by Crippen LogP contribution is -2.13. The molecule has 0 bridgehead atoms. The van der Waals surface area contributed by atoms with E-state index in [1.807, 2.05) is 7.05 Å². The van der Waals surface area contributed by atoms with E-state index in [1.54, 1.807) is 7.11 Å². The van der Waals surface area contributed by atoms with Gasteiger partial charge in [0.2, 0.25) is 0 Å². The average molecular weight is 221 g/mol. The van der Waals surface area contributed by atoms with Crippen LogP contribution in [-0.4, -0.2) is 20.7 Å². The Morgan fingerprint density at radius 3 is 2.50 bits per heavy atom. The molecule has 90 valence electrons. The molecule has 0 atom stereocenters. The Bertz CT molecular complexity index is 345. The van der Waals surface area contributed by atoms with Crippen molar-refractivity contribution in [3.63, 3.8) is 0 Å². The van der Waals surface area contributed by atoms with Gasteiger partial charge in [-0.05, 0) is 49.5 Å². The summed E-state index contributed by atoms with van der Waals surface area (Å²) in [6.07, 6.45) is 1.02. The van der Waals surface area contributed by atoms with E-state index in [9.17, 15) is 0 Å². The number of likely N-dealkylation sites (N-methyl/N-ethyl adjacent to an activating group) is 1. The summed E-state index contributed by atoms with van der Waals surface area (Å²) in [5.41, 5.74) is 3.97. The minimum atomic E-state index is 0.543. The molecule has 2 nitrogen and oxygen atoms in total. The molecule has 0 saturated heterocycles. The van der Waals surface area contributed by atoms with Crippen molar-refractivity contribution in [3.8, 4) is 5.75 Å². The summed E-state index contributed by atoms with van der Waals surface area (Å²) in [4.78, 5) is 0. The maximum atomic E-state index is 5.54. The SMILES string of the molecule is CNCCc1c(C(C)C)ccc(C)c1OC. The van der Waals surface area contributed by atoms with Crippen LogP contribution in [0.5, 0.6) is 5.75 Å². The van der Waals surface area contributed by atoms with Crippen LogP contribution >= 0.6 is 0 Å². The lowest BCUT2D eigenvalue weighted by molar-refractivity contribution is 0.405. The van der Waals surface area contributed by atoms with Crippen molar-refractivity contribution in [2.24, 2.45) is 0 Å².